The van der Waals surface area contributed by atoms with Gasteiger partial charge in [-0.25, -0.2) is 0 Å². The zero-order valence-corrected chi connectivity index (χ0v) is 10.2. The van der Waals surface area contributed by atoms with Crippen LogP contribution in [0.5, 0.6) is 0 Å². The van der Waals surface area contributed by atoms with Gasteiger partial charge in [-0.1, -0.05) is 0 Å². The smallest absolute Gasteiger partial charge is 0.224 e. The third-order valence-corrected chi connectivity index (χ3v) is 3.93. The van der Waals surface area contributed by atoms with Crippen molar-refractivity contribution >= 4 is 5.91 Å². The zero-order valence-electron chi connectivity index (χ0n) is 10.2. The van der Waals surface area contributed by atoms with E-state index in [0.717, 1.165) is 32.2 Å². The fourth-order valence-electron chi connectivity index (χ4n) is 2.81. The maximum absolute atomic E-state index is 12.0. The minimum absolute atomic E-state index is 0.154. The quantitative estimate of drug-likeness (QED) is 0.743. The summed E-state index contributed by atoms with van der Waals surface area (Å²) >= 11 is 0. The number of carbonyl (C=O) groups is 1. The third kappa shape index (κ3) is 2.55. The topological polar surface area (TPSA) is 50.4 Å². The van der Waals surface area contributed by atoms with E-state index >= 15 is 0 Å². The molecule has 1 aliphatic heterocycles. The Hall–Kier alpha value is -0.610. The number of carbonyl (C=O) groups excluding carboxylic acids is 1. The molecule has 0 bridgehead atoms. The van der Waals surface area contributed by atoms with Crippen LogP contribution in [-0.2, 0) is 9.53 Å². The van der Waals surface area contributed by atoms with E-state index < -0.39 is 0 Å². The van der Waals surface area contributed by atoms with Crippen LogP contribution in [0, 0.1) is 5.92 Å². The summed E-state index contributed by atoms with van der Waals surface area (Å²) < 4.78 is 5.31. The molecular formula is C12H22N2O2. The van der Waals surface area contributed by atoms with Crippen LogP contribution < -0.4 is 10.6 Å². The molecule has 2 rings (SSSR count). The van der Waals surface area contributed by atoms with Crippen molar-refractivity contribution in [3.05, 3.63) is 0 Å². The van der Waals surface area contributed by atoms with Gasteiger partial charge in [0.2, 0.25) is 5.91 Å². The Morgan fingerprint density at radius 2 is 2.19 bits per heavy atom. The molecule has 2 aliphatic rings. The molecule has 0 aromatic carbocycles. The second-order valence-electron chi connectivity index (χ2n) is 5.01. The Morgan fingerprint density at radius 1 is 1.38 bits per heavy atom. The second kappa shape index (κ2) is 5.15. The highest BCUT2D eigenvalue weighted by molar-refractivity contribution is 5.80. The first-order chi connectivity index (χ1) is 7.70. The molecule has 1 saturated carbocycles. The van der Waals surface area contributed by atoms with Crippen LogP contribution in [0.1, 0.15) is 32.6 Å². The van der Waals surface area contributed by atoms with E-state index in [1.54, 1.807) is 7.11 Å². The van der Waals surface area contributed by atoms with Crippen molar-refractivity contribution in [1.82, 2.24) is 10.6 Å². The first-order valence-electron chi connectivity index (χ1n) is 6.27. The Morgan fingerprint density at radius 3 is 2.75 bits per heavy atom. The Labute approximate surface area is 97.1 Å². The van der Waals surface area contributed by atoms with Crippen LogP contribution in [-0.4, -0.2) is 37.7 Å². The average molecular weight is 226 g/mol. The number of nitrogens with one attached hydrogen (secondary N) is 2. The molecule has 4 heteroatoms. The highest BCUT2D eigenvalue weighted by Crippen LogP contribution is 2.23. The van der Waals surface area contributed by atoms with Crippen molar-refractivity contribution in [3.63, 3.8) is 0 Å². The van der Waals surface area contributed by atoms with E-state index in [1.807, 2.05) is 0 Å². The lowest BCUT2D eigenvalue weighted by molar-refractivity contribution is -0.125. The lowest BCUT2D eigenvalue weighted by Gasteiger charge is -2.18. The number of amides is 1. The summed E-state index contributed by atoms with van der Waals surface area (Å²) in [5, 5.41) is 6.47. The van der Waals surface area contributed by atoms with E-state index in [1.165, 1.54) is 0 Å². The van der Waals surface area contributed by atoms with E-state index in [2.05, 4.69) is 17.6 Å². The molecule has 0 spiro atoms. The van der Waals surface area contributed by atoms with E-state index in [0.29, 0.717) is 18.2 Å². The van der Waals surface area contributed by atoms with Gasteiger partial charge in [-0.15, -0.1) is 0 Å². The number of rotatable bonds is 3. The molecule has 2 N–H and O–H groups in total. The Kier molecular flexibility index (Phi) is 3.82. The maximum Gasteiger partial charge on any atom is 0.224 e. The molecule has 1 amide bonds. The zero-order chi connectivity index (χ0) is 11.5. The summed E-state index contributed by atoms with van der Waals surface area (Å²) in [5.41, 5.74) is 0. The van der Waals surface area contributed by atoms with Crippen molar-refractivity contribution in [3.8, 4) is 0 Å². The first-order valence-corrected chi connectivity index (χ1v) is 6.27. The summed E-state index contributed by atoms with van der Waals surface area (Å²) in [4.78, 5) is 12.0. The van der Waals surface area contributed by atoms with E-state index in [-0.39, 0.29) is 11.8 Å². The molecule has 2 fully saturated rings. The van der Waals surface area contributed by atoms with Crippen molar-refractivity contribution in [2.45, 2.75) is 50.8 Å². The molecule has 0 aromatic rings. The fraction of sp³-hybridized carbons (Fsp3) is 0.917. The van der Waals surface area contributed by atoms with Gasteiger partial charge in [-0.05, 0) is 39.2 Å². The van der Waals surface area contributed by atoms with E-state index in [9.17, 15) is 4.79 Å². The molecule has 4 nitrogen and oxygen atoms in total. The van der Waals surface area contributed by atoms with Gasteiger partial charge in [0.15, 0.2) is 0 Å². The van der Waals surface area contributed by atoms with Gasteiger partial charge in [-0.2, -0.15) is 0 Å². The number of methoxy groups -OCH3 is 1. The summed E-state index contributed by atoms with van der Waals surface area (Å²) in [5.74, 6) is 0.376. The largest absolute Gasteiger partial charge is 0.381 e. The van der Waals surface area contributed by atoms with Gasteiger partial charge in [0, 0.05) is 19.2 Å². The molecule has 0 radical (unpaired) electrons. The molecule has 1 heterocycles. The van der Waals surface area contributed by atoms with Crippen LogP contribution in [0.3, 0.4) is 0 Å². The minimum Gasteiger partial charge on any atom is -0.381 e. The van der Waals surface area contributed by atoms with Gasteiger partial charge in [0.05, 0.1) is 12.0 Å². The van der Waals surface area contributed by atoms with Crippen LogP contribution in [0.2, 0.25) is 0 Å². The van der Waals surface area contributed by atoms with Gasteiger partial charge >= 0.3 is 0 Å². The molecule has 16 heavy (non-hydrogen) atoms. The third-order valence-electron chi connectivity index (χ3n) is 3.93. The second-order valence-corrected chi connectivity index (χ2v) is 5.01. The normalized spacial score (nSPS) is 38.9. The minimum atomic E-state index is 0.154. The average Bonchev–Trinajstić information content (AvgIpc) is 2.86. The lowest BCUT2D eigenvalue weighted by atomic mass is 10.0. The number of hydrogen-bond acceptors (Lipinski definition) is 3. The summed E-state index contributed by atoms with van der Waals surface area (Å²) in [6.07, 6.45) is 4.40. The lowest BCUT2D eigenvalue weighted by Crippen LogP contribution is -2.41. The summed E-state index contributed by atoms with van der Waals surface area (Å²) in [7, 11) is 1.75. The first kappa shape index (κ1) is 11.9. The van der Waals surface area contributed by atoms with Crippen molar-refractivity contribution < 1.29 is 9.53 Å². The van der Waals surface area contributed by atoms with Crippen molar-refractivity contribution in [2.75, 3.05) is 13.7 Å². The van der Waals surface area contributed by atoms with Crippen LogP contribution in [0.15, 0.2) is 0 Å². The molecule has 1 saturated heterocycles. The predicted molar refractivity (Wildman–Crippen MR) is 62.2 cm³/mol. The Bertz CT molecular complexity index is 257. The van der Waals surface area contributed by atoms with Gasteiger partial charge < -0.3 is 15.4 Å². The van der Waals surface area contributed by atoms with Crippen molar-refractivity contribution in [2.24, 2.45) is 5.92 Å². The molecule has 4 atom stereocenters. The fourth-order valence-corrected chi connectivity index (χ4v) is 2.81. The van der Waals surface area contributed by atoms with Crippen LogP contribution >= 0.6 is 0 Å². The van der Waals surface area contributed by atoms with Gasteiger partial charge in [-0.3, -0.25) is 4.79 Å². The van der Waals surface area contributed by atoms with Gasteiger partial charge in [0.1, 0.15) is 0 Å². The highest BCUT2D eigenvalue weighted by atomic mass is 16.5. The standard InChI is InChI=1S/C12H22N2O2/c1-8-11(5-6-13-8)12(15)14-9-3-4-10(7-9)16-2/h8-11,13H,3-7H2,1-2H3,(H,14,15). The summed E-state index contributed by atoms with van der Waals surface area (Å²) in [6, 6.07) is 0.643. The Balaban J connectivity index is 1.79. The van der Waals surface area contributed by atoms with Crippen molar-refractivity contribution in [1.29, 1.82) is 0 Å². The molecule has 0 aromatic heterocycles. The maximum atomic E-state index is 12.0. The summed E-state index contributed by atoms with van der Waals surface area (Å²) in [6.45, 7) is 3.05. The number of hydrogen-bond donors (Lipinski definition) is 2. The molecule has 92 valence electrons. The predicted octanol–water partition coefficient (Wildman–Crippen LogP) is 0.668. The molecular weight excluding hydrogens is 204 g/mol. The van der Waals surface area contributed by atoms with Gasteiger partial charge in [0.25, 0.3) is 0 Å². The molecule has 4 unspecified atom stereocenters. The number of ether oxygens (including phenoxy) is 1. The highest BCUT2D eigenvalue weighted by Gasteiger charge is 2.32. The molecule has 1 aliphatic carbocycles. The SMILES string of the molecule is COC1CCC(NC(=O)C2CCNC2C)C1. The van der Waals surface area contributed by atoms with E-state index in [4.69, 9.17) is 4.74 Å². The monoisotopic (exact) mass is 226 g/mol. The van der Waals surface area contributed by atoms with Crippen LogP contribution in [0.4, 0.5) is 0 Å². The van der Waals surface area contributed by atoms with Crippen LogP contribution in [0.25, 0.3) is 0 Å².